The fourth-order valence-electron chi connectivity index (χ4n) is 2.27. The van der Waals surface area contributed by atoms with Gasteiger partial charge in [0.25, 0.3) is 0 Å². The van der Waals surface area contributed by atoms with E-state index in [4.69, 9.17) is 23.2 Å². The van der Waals surface area contributed by atoms with E-state index in [1.807, 2.05) is 6.07 Å². The van der Waals surface area contributed by atoms with Gasteiger partial charge in [-0.3, -0.25) is 9.59 Å². The van der Waals surface area contributed by atoms with Gasteiger partial charge in [-0.2, -0.15) is 0 Å². The summed E-state index contributed by atoms with van der Waals surface area (Å²) in [4.78, 5) is 23.5. The Bertz CT molecular complexity index is 748. The molecule has 0 aliphatic heterocycles. The number of ketones is 1. The summed E-state index contributed by atoms with van der Waals surface area (Å²) < 4.78 is 0. The van der Waals surface area contributed by atoms with Crippen LogP contribution in [0.1, 0.15) is 22.8 Å². The number of hydrogen-bond donors (Lipinski definition) is 2. The first kappa shape index (κ1) is 18.5. The summed E-state index contributed by atoms with van der Waals surface area (Å²) in [7, 11) is 0. The van der Waals surface area contributed by atoms with Crippen molar-refractivity contribution in [2.45, 2.75) is 13.3 Å². The zero-order chi connectivity index (χ0) is 17.5. The molecule has 0 heterocycles. The molecule has 0 fully saturated rings. The van der Waals surface area contributed by atoms with Crippen molar-refractivity contribution in [1.82, 2.24) is 5.32 Å². The maximum atomic E-state index is 12.3. The van der Waals surface area contributed by atoms with Crippen LogP contribution in [0.5, 0.6) is 0 Å². The van der Waals surface area contributed by atoms with E-state index in [0.29, 0.717) is 34.3 Å². The normalized spacial score (nSPS) is 10.5. The Morgan fingerprint density at radius 2 is 1.83 bits per heavy atom. The van der Waals surface area contributed by atoms with Crippen molar-refractivity contribution in [1.29, 1.82) is 0 Å². The van der Waals surface area contributed by atoms with Crippen LogP contribution in [0, 0.1) is 0 Å². The van der Waals surface area contributed by atoms with Gasteiger partial charge in [-0.05, 0) is 42.8 Å². The van der Waals surface area contributed by atoms with Crippen molar-refractivity contribution in [2.24, 2.45) is 0 Å². The minimum atomic E-state index is -0.208. The van der Waals surface area contributed by atoms with Crippen LogP contribution in [-0.4, -0.2) is 24.8 Å². The average Bonchev–Trinajstić information content (AvgIpc) is 2.53. The van der Waals surface area contributed by atoms with Crippen molar-refractivity contribution in [3.8, 4) is 0 Å². The smallest absolute Gasteiger partial charge is 0.221 e. The van der Waals surface area contributed by atoms with Crippen molar-refractivity contribution in [3.63, 3.8) is 0 Å². The van der Waals surface area contributed by atoms with Gasteiger partial charge in [-0.25, -0.2) is 0 Å². The van der Waals surface area contributed by atoms with Gasteiger partial charge in [0.15, 0.2) is 5.78 Å². The van der Waals surface area contributed by atoms with Crippen LogP contribution in [0.15, 0.2) is 42.5 Å². The molecule has 24 heavy (non-hydrogen) atoms. The largest absolute Gasteiger partial charge is 0.326 e. The maximum Gasteiger partial charge on any atom is 0.221 e. The fraction of sp³-hybridized carbons (Fsp3) is 0.222. The summed E-state index contributed by atoms with van der Waals surface area (Å²) in [6.45, 7) is 2.20. The van der Waals surface area contributed by atoms with E-state index in [1.54, 1.807) is 36.4 Å². The number of para-hydroxylation sites is 1. The van der Waals surface area contributed by atoms with Crippen LogP contribution in [0.25, 0.3) is 0 Å². The maximum absolute atomic E-state index is 12.3. The van der Waals surface area contributed by atoms with Gasteiger partial charge >= 0.3 is 0 Å². The molecule has 2 aromatic carbocycles. The van der Waals surface area contributed by atoms with Crippen LogP contribution >= 0.6 is 23.2 Å². The molecule has 2 aromatic rings. The second kappa shape index (κ2) is 8.83. The number of nitrogens with one attached hydrogen (secondary N) is 2. The van der Waals surface area contributed by atoms with E-state index in [9.17, 15) is 9.59 Å². The van der Waals surface area contributed by atoms with Crippen molar-refractivity contribution in [2.75, 3.05) is 18.4 Å². The summed E-state index contributed by atoms with van der Waals surface area (Å²) in [6.07, 6.45) is 0.691. The highest BCUT2D eigenvalue weighted by Crippen LogP contribution is 2.21. The lowest BCUT2D eigenvalue weighted by molar-refractivity contribution is -0.114. The monoisotopic (exact) mass is 364 g/mol. The van der Waals surface area contributed by atoms with Crippen molar-refractivity contribution >= 4 is 40.6 Å². The predicted octanol–water partition coefficient (Wildman–Crippen LogP) is 3.97. The van der Waals surface area contributed by atoms with E-state index in [2.05, 4.69) is 10.6 Å². The van der Waals surface area contributed by atoms with Gasteiger partial charge in [0.05, 0.1) is 12.2 Å². The molecule has 0 saturated carbocycles. The van der Waals surface area contributed by atoms with Crippen LogP contribution in [-0.2, 0) is 11.2 Å². The standard InChI is InChI=1S/C18H18Cl2N2O2/c1-12(23)22-17-5-3-2-4-15(17)18(24)11-21-9-8-13-6-7-14(19)10-16(13)20/h2-7,10,21H,8-9,11H2,1H3,(H,22,23). The van der Waals surface area contributed by atoms with E-state index >= 15 is 0 Å². The lowest BCUT2D eigenvalue weighted by atomic mass is 10.1. The molecule has 4 nitrogen and oxygen atoms in total. The number of rotatable bonds is 7. The first-order valence-electron chi connectivity index (χ1n) is 7.52. The molecule has 2 rings (SSSR count). The molecule has 0 radical (unpaired) electrons. The number of carbonyl (C=O) groups excluding carboxylic acids is 2. The Hall–Kier alpha value is -1.88. The van der Waals surface area contributed by atoms with Crippen LogP contribution < -0.4 is 10.6 Å². The van der Waals surface area contributed by atoms with E-state index in [1.165, 1.54) is 6.92 Å². The number of hydrogen-bond acceptors (Lipinski definition) is 3. The Kier molecular flexibility index (Phi) is 6.79. The molecule has 6 heteroatoms. The average molecular weight is 365 g/mol. The zero-order valence-corrected chi connectivity index (χ0v) is 14.7. The number of amides is 1. The molecule has 0 aliphatic rings. The second-order valence-electron chi connectivity index (χ2n) is 5.31. The molecule has 0 atom stereocenters. The third-order valence-corrected chi connectivity index (χ3v) is 4.00. The van der Waals surface area contributed by atoms with Gasteiger partial charge in [-0.1, -0.05) is 41.4 Å². The van der Waals surface area contributed by atoms with Gasteiger partial charge < -0.3 is 10.6 Å². The molecule has 1 amide bonds. The number of halogens is 2. The Balaban J connectivity index is 1.88. The van der Waals surface area contributed by atoms with Gasteiger partial charge in [-0.15, -0.1) is 0 Å². The van der Waals surface area contributed by atoms with Crippen molar-refractivity contribution < 1.29 is 9.59 Å². The molecular formula is C18H18Cl2N2O2. The third-order valence-electron chi connectivity index (χ3n) is 3.41. The van der Waals surface area contributed by atoms with Gasteiger partial charge in [0, 0.05) is 22.5 Å². The Morgan fingerprint density at radius 1 is 1.08 bits per heavy atom. The molecule has 0 spiro atoms. The molecular weight excluding hydrogens is 347 g/mol. The SMILES string of the molecule is CC(=O)Nc1ccccc1C(=O)CNCCc1ccc(Cl)cc1Cl. The topological polar surface area (TPSA) is 58.2 Å². The molecule has 0 saturated heterocycles. The van der Waals surface area contributed by atoms with E-state index in [0.717, 1.165) is 5.56 Å². The first-order chi connectivity index (χ1) is 11.5. The lowest BCUT2D eigenvalue weighted by Crippen LogP contribution is -2.26. The number of Topliss-reactive ketones (excluding diaryl/α,β-unsaturated/α-hetero) is 1. The number of anilines is 1. The molecule has 2 N–H and O–H groups in total. The highest BCUT2D eigenvalue weighted by molar-refractivity contribution is 6.35. The van der Waals surface area contributed by atoms with E-state index < -0.39 is 0 Å². The molecule has 126 valence electrons. The van der Waals surface area contributed by atoms with Gasteiger partial charge in [0.1, 0.15) is 0 Å². The van der Waals surface area contributed by atoms with Crippen LogP contribution in [0.3, 0.4) is 0 Å². The highest BCUT2D eigenvalue weighted by atomic mass is 35.5. The molecule has 0 aliphatic carbocycles. The minimum absolute atomic E-state index is 0.0819. The zero-order valence-electron chi connectivity index (χ0n) is 13.2. The first-order valence-corrected chi connectivity index (χ1v) is 8.27. The number of benzene rings is 2. The molecule has 0 aromatic heterocycles. The summed E-state index contributed by atoms with van der Waals surface area (Å²) >= 11 is 12.0. The van der Waals surface area contributed by atoms with Crippen molar-refractivity contribution in [3.05, 3.63) is 63.6 Å². The lowest BCUT2D eigenvalue weighted by Gasteiger charge is -2.10. The Labute approximate surface area is 151 Å². The molecule has 0 unspecified atom stereocenters. The fourth-order valence-corrected chi connectivity index (χ4v) is 2.77. The predicted molar refractivity (Wildman–Crippen MR) is 98.1 cm³/mol. The summed E-state index contributed by atoms with van der Waals surface area (Å²) in [5.74, 6) is -0.290. The minimum Gasteiger partial charge on any atom is -0.326 e. The summed E-state index contributed by atoms with van der Waals surface area (Å²) in [6, 6.07) is 12.3. The summed E-state index contributed by atoms with van der Waals surface area (Å²) in [5.41, 5.74) is 1.99. The molecule has 0 bridgehead atoms. The highest BCUT2D eigenvalue weighted by Gasteiger charge is 2.11. The van der Waals surface area contributed by atoms with Crippen LogP contribution in [0.4, 0.5) is 5.69 Å². The van der Waals surface area contributed by atoms with Gasteiger partial charge in [0.2, 0.25) is 5.91 Å². The summed E-state index contributed by atoms with van der Waals surface area (Å²) in [5, 5.41) is 6.98. The quantitative estimate of drug-likeness (QED) is 0.577. The third kappa shape index (κ3) is 5.34. The second-order valence-corrected chi connectivity index (χ2v) is 6.16. The number of carbonyl (C=O) groups is 2. The van der Waals surface area contributed by atoms with Crippen LogP contribution in [0.2, 0.25) is 10.0 Å². The Morgan fingerprint density at radius 3 is 2.54 bits per heavy atom. The van der Waals surface area contributed by atoms with E-state index in [-0.39, 0.29) is 18.2 Å².